The van der Waals surface area contributed by atoms with Gasteiger partial charge >= 0.3 is 5.97 Å². The maximum Gasteiger partial charge on any atom is 0.343 e. The molecule has 0 aromatic heterocycles. The Morgan fingerprint density at radius 3 is 2.42 bits per heavy atom. The molecule has 0 aliphatic rings. The van der Waals surface area contributed by atoms with E-state index in [1.807, 2.05) is 0 Å². The average Bonchev–Trinajstić information content (AvgIpc) is 2.76. The highest BCUT2D eigenvalue weighted by atomic mass is 79.9. The SMILES string of the molecule is O=C(COc1cccc(Cl)c1Cl)N/N=C/c1ccc(OC(=O)c2ccc(Br)cc2)cc1. The van der Waals surface area contributed by atoms with E-state index in [2.05, 4.69) is 26.5 Å². The van der Waals surface area contributed by atoms with Crippen LogP contribution < -0.4 is 14.9 Å². The van der Waals surface area contributed by atoms with E-state index in [1.165, 1.54) is 6.21 Å². The van der Waals surface area contributed by atoms with Crippen molar-refractivity contribution in [2.75, 3.05) is 6.61 Å². The zero-order valence-corrected chi connectivity index (χ0v) is 18.9. The number of hydrazone groups is 1. The normalized spacial score (nSPS) is 10.7. The molecule has 31 heavy (non-hydrogen) atoms. The van der Waals surface area contributed by atoms with Crippen molar-refractivity contribution in [3.63, 3.8) is 0 Å². The van der Waals surface area contributed by atoms with E-state index >= 15 is 0 Å². The number of rotatable bonds is 7. The molecule has 158 valence electrons. The van der Waals surface area contributed by atoms with Crippen molar-refractivity contribution >= 4 is 57.2 Å². The Labute approximate surface area is 196 Å². The molecule has 0 heterocycles. The number of carbonyl (C=O) groups is 2. The summed E-state index contributed by atoms with van der Waals surface area (Å²) in [5.41, 5.74) is 3.49. The van der Waals surface area contributed by atoms with E-state index in [0.717, 1.165) is 4.47 Å². The molecule has 0 saturated carbocycles. The molecule has 0 atom stereocenters. The molecule has 0 fully saturated rings. The van der Waals surface area contributed by atoms with Crippen molar-refractivity contribution in [3.05, 3.63) is 92.4 Å². The van der Waals surface area contributed by atoms with Gasteiger partial charge in [-0.15, -0.1) is 0 Å². The first-order chi connectivity index (χ1) is 14.9. The van der Waals surface area contributed by atoms with Crippen LogP contribution in [-0.2, 0) is 4.79 Å². The summed E-state index contributed by atoms with van der Waals surface area (Å²) < 4.78 is 11.5. The maximum absolute atomic E-state index is 12.1. The highest BCUT2D eigenvalue weighted by Crippen LogP contribution is 2.31. The van der Waals surface area contributed by atoms with Crippen LogP contribution in [-0.4, -0.2) is 24.7 Å². The van der Waals surface area contributed by atoms with Gasteiger partial charge < -0.3 is 9.47 Å². The van der Waals surface area contributed by atoms with Gasteiger partial charge in [0, 0.05) is 4.47 Å². The van der Waals surface area contributed by atoms with Gasteiger partial charge in [0.05, 0.1) is 16.8 Å². The molecular formula is C22H15BrCl2N2O4. The molecule has 3 aromatic rings. The Hall–Kier alpha value is -2.87. The fraction of sp³-hybridized carbons (Fsp3) is 0.0455. The monoisotopic (exact) mass is 520 g/mol. The molecular weight excluding hydrogens is 507 g/mol. The number of nitrogens with one attached hydrogen (secondary N) is 1. The summed E-state index contributed by atoms with van der Waals surface area (Å²) in [6.07, 6.45) is 1.45. The molecule has 1 amide bonds. The maximum atomic E-state index is 12.1. The third kappa shape index (κ3) is 6.82. The number of hydrogen-bond donors (Lipinski definition) is 1. The second kappa shape index (κ2) is 10.9. The minimum absolute atomic E-state index is 0.237. The van der Waals surface area contributed by atoms with Gasteiger partial charge in [-0.2, -0.15) is 5.10 Å². The smallest absolute Gasteiger partial charge is 0.343 e. The molecule has 0 spiro atoms. The van der Waals surface area contributed by atoms with Crippen LogP contribution in [0.15, 0.2) is 76.3 Å². The first-order valence-corrected chi connectivity index (χ1v) is 10.4. The van der Waals surface area contributed by atoms with Crippen LogP contribution in [0, 0.1) is 0 Å². The molecule has 6 nitrogen and oxygen atoms in total. The van der Waals surface area contributed by atoms with Crippen molar-refractivity contribution in [2.24, 2.45) is 5.10 Å². The predicted molar refractivity (Wildman–Crippen MR) is 123 cm³/mol. The summed E-state index contributed by atoms with van der Waals surface area (Å²) in [6, 6.07) is 18.4. The van der Waals surface area contributed by atoms with E-state index in [9.17, 15) is 9.59 Å². The van der Waals surface area contributed by atoms with Crippen LogP contribution in [0.4, 0.5) is 0 Å². The van der Waals surface area contributed by atoms with E-state index in [4.69, 9.17) is 32.7 Å². The van der Waals surface area contributed by atoms with Gasteiger partial charge in [0.15, 0.2) is 6.61 Å². The van der Waals surface area contributed by atoms with Gasteiger partial charge in [-0.05, 0) is 66.2 Å². The fourth-order valence-corrected chi connectivity index (χ4v) is 2.93. The van der Waals surface area contributed by atoms with Crippen LogP contribution in [0.3, 0.4) is 0 Å². The lowest BCUT2D eigenvalue weighted by atomic mass is 10.2. The number of ether oxygens (including phenoxy) is 2. The lowest BCUT2D eigenvalue weighted by Gasteiger charge is -2.07. The van der Waals surface area contributed by atoms with Gasteiger partial charge in [-0.3, -0.25) is 4.79 Å². The Balaban J connectivity index is 1.47. The minimum atomic E-state index is -0.465. The Kier molecular flexibility index (Phi) is 8.06. The summed E-state index contributed by atoms with van der Waals surface area (Å²) in [7, 11) is 0. The number of hydrogen-bond acceptors (Lipinski definition) is 5. The highest BCUT2D eigenvalue weighted by molar-refractivity contribution is 9.10. The van der Waals surface area contributed by atoms with Crippen molar-refractivity contribution in [1.29, 1.82) is 0 Å². The lowest BCUT2D eigenvalue weighted by Crippen LogP contribution is -2.24. The zero-order chi connectivity index (χ0) is 22.2. The van der Waals surface area contributed by atoms with Crippen molar-refractivity contribution < 1.29 is 19.1 Å². The molecule has 1 N–H and O–H groups in total. The van der Waals surface area contributed by atoms with Crippen molar-refractivity contribution in [1.82, 2.24) is 5.43 Å². The van der Waals surface area contributed by atoms with E-state index in [-0.39, 0.29) is 11.6 Å². The predicted octanol–water partition coefficient (Wildman–Crippen LogP) is 5.50. The molecule has 3 rings (SSSR count). The molecule has 0 bridgehead atoms. The van der Waals surface area contributed by atoms with Gasteiger partial charge in [0.25, 0.3) is 5.91 Å². The standard InChI is InChI=1S/C22H15BrCl2N2O4/c23-16-8-6-15(7-9-16)22(29)31-17-10-4-14(5-11-17)12-26-27-20(28)13-30-19-3-1-2-18(24)21(19)25/h1-12H,13H2,(H,27,28)/b26-12+. The number of esters is 1. The number of benzene rings is 3. The van der Waals surface area contributed by atoms with Gasteiger partial charge in [-0.25, -0.2) is 10.2 Å². The Morgan fingerprint density at radius 2 is 1.71 bits per heavy atom. The van der Waals surface area contributed by atoms with Gasteiger partial charge in [0.2, 0.25) is 0 Å². The fourth-order valence-electron chi connectivity index (χ4n) is 2.32. The van der Waals surface area contributed by atoms with Crippen LogP contribution in [0.5, 0.6) is 11.5 Å². The van der Waals surface area contributed by atoms with Crippen molar-refractivity contribution in [3.8, 4) is 11.5 Å². The number of amides is 1. The number of halogens is 3. The van der Waals surface area contributed by atoms with Crippen LogP contribution >= 0.6 is 39.1 Å². The molecule has 0 unspecified atom stereocenters. The van der Waals surface area contributed by atoms with Crippen LogP contribution in [0.1, 0.15) is 15.9 Å². The zero-order valence-electron chi connectivity index (χ0n) is 15.8. The summed E-state index contributed by atoms with van der Waals surface area (Å²) >= 11 is 15.2. The van der Waals surface area contributed by atoms with E-state index in [1.54, 1.807) is 66.7 Å². The van der Waals surface area contributed by atoms with Crippen LogP contribution in [0.25, 0.3) is 0 Å². The molecule has 3 aromatic carbocycles. The van der Waals surface area contributed by atoms with E-state index in [0.29, 0.717) is 27.6 Å². The number of carbonyl (C=O) groups excluding carboxylic acids is 2. The van der Waals surface area contributed by atoms with Gasteiger partial charge in [-0.1, -0.05) is 45.2 Å². The molecule has 0 aliphatic carbocycles. The van der Waals surface area contributed by atoms with E-state index < -0.39 is 11.9 Å². The summed E-state index contributed by atoms with van der Waals surface area (Å²) in [5, 5.41) is 4.44. The first-order valence-electron chi connectivity index (χ1n) is 8.89. The summed E-state index contributed by atoms with van der Waals surface area (Å²) in [5.74, 6) is -0.226. The molecule has 0 saturated heterocycles. The quantitative estimate of drug-likeness (QED) is 0.192. The third-order valence-electron chi connectivity index (χ3n) is 3.85. The largest absolute Gasteiger partial charge is 0.482 e. The van der Waals surface area contributed by atoms with Gasteiger partial charge in [0.1, 0.15) is 16.5 Å². The van der Waals surface area contributed by atoms with Crippen molar-refractivity contribution in [2.45, 2.75) is 0 Å². The average molecular weight is 522 g/mol. The van der Waals surface area contributed by atoms with Crippen LogP contribution in [0.2, 0.25) is 10.0 Å². The first kappa shape index (κ1) is 22.8. The second-order valence-electron chi connectivity index (χ2n) is 6.10. The lowest BCUT2D eigenvalue weighted by molar-refractivity contribution is -0.123. The topological polar surface area (TPSA) is 77.0 Å². The minimum Gasteiger partial charge on any atom is -0.482 e. The number of nitrogens with zero attached hydrogens (tertiary/aromatic N) is 1. The second-order valence-corrected chi connectivity index (χ2v) is 7.80. The summed E-state index contributed by atoms with van der Waals surface area (Å²) in [6.45, 7) is -0.275. The Bertz CT molecular complexity index is 1100. The third-order valence-corrected chi connectivity index (χ3v) is 5.18. The highest BCUT2D eigenvalue weighted by Gasteiger charge is 2.09. The summed E-state index contributed by atoms with van der Waals surface area (Å²) in [4.78, 5) is 24.0. The Morgan fingerprint density at radius 1 is 1.00 bits per heavy atom. The molecule has 9 heteroatoms. The molecule has 0 aliphatic heterocycles. The molecule has 0 radical (unpaired) electrons.